The summed E-state index contributed by atoms with van der Waals surface area (Å²) in [6.45, 7) is 4.65. The third kappa shape index (κ3) is 7.21. The van der Waals surface area contributed by atoms with Gasteiger partial charge in [-0.1, -0.05) is 42.5 Å². The molecule has 0 bridgehead atoms. The van der Waals surface area contributed by atoms with Gasteiger partial charge < -0.3 is 15.4 Å². The lowest BCUT2D eigenvalue weighted by Gasteiger charge is -2.18. The Labute approximate surface area is 179 Å². The van der Waals surface area contributed by atoms with Crippen molar-refractivity contribution in [3.63, 3.8) is 0 Å². The fourth-order valence-electron chi connectivity index (χ4n) is 3.29. The number of hydrogen-bond donors (Lipinski definition) is 2. The number of hydrogen-bond acceptors (Lipinski definition) is 3. The number of aryl methyl sites for hydroxylation is 2. The summed E-state index contributed by atoms with van der Waals surface area (Å²) in [6, 6.07) is 15.7. The topological polar surface area (TPSA) is 67.4 Å². The van der Waals surface area contributed by atoms with Crippen molar-refractivity contribution >= 4 is 11.8 Å². The third-order valence-electron chi connectivity index (χ3n) is 5.26. The van der Waals surface area contributed by atoms with Gasteiger partial charge in [-0.3, -0.25) is 9.59 Å². The fourth-order valence-corrected chi connectivity index (χ4v) is 3.29. The van der Waals surface area contributed by atoms with Crippen molar-refractivity contribution in [2.45, 2.75) is 64.5 Å². The van der Waals surface area contributed by atoms with Gasteiger partial charge in [-0.2, -0.15) is 0 Å². The van der Waals surface area contributed by atoms with Crippen molar-refractivity contribution in [2.24, 2.45) is 0 Å². The summed E-state index contributed by atoms with van der Waals surface area (Å²) in [5.74, 6) is 0.723. The van der Waals surface area contributed by atoms with E-state index < -0.39 is 6.04 Å². The maximum atomic E-state index is 12.6. The van der Waals surface area contributed by atoms with Crippen LogP contribution in [-0.4, -0.2) is 30.5 Å². The van der Waals surface area contributed by atoms with Gasteiger partial charge in [0.2, 0.25) is 11.8 Å². The second-order valence-corrected chi connectivity index (χ2v) is 8.17. The first-order valence-corrected chi connectivity index (χ1v) is 10.8. The maximum absolute atomic E-state index is 12.6. The molecule has 0 aliphatic heterocycles. The minimum Gasteiger partial charge on any atom is -0.493 e. The molecule has 2 aromatic carbocycles. The summed E-state index contributed by atoms with van der Waals surface area (Å²) in [5, 5.41) is 5.94. The molecule has 0 radical (unpaired) electrons. The van der Waals surface area contributed by atoms with E-state index in [1.165, 1.54) is 5.56 Å². The highest BCUT2D eigenvalue weighted by Crippen LogP contribution is 2.20. The molecular formula is C25H32N2O3. The van der Waals surface area contributed by atoms with Crippen molar-refractivity contribution in [1.29, 1.82) is 0 Å². The van der Waals surface area contributed by atoms with Crippen LogP contribution in [0.3, 0.4) is 0 Å². The Bertz CT molecular complexity index is 847. The van der Waals surface area contributed by atoms with Crippen molar-refractivity contribution in [2.75, 3.05) is 6.61 Å². The van der Waals surface area contributed by atoms with Crippen molar-refractivity contribution in [1.82, 2.24) is 10.6 Å². The lowest BCUT2D eigenvalue weighted by atomic mass is 10.0. The number of nitrogens with one attached hydrogen (secondary N) is 2. The van der Waals surface area contributed by atoms with E-state index in [0.717, 1.165) is 42.6 Å². The second kappa shape index (κ2) is 10.8. The Kier molecular flexibility index (Phi) is 7.89. The van der Waals surface area contributed by atoms with Gasteiger partial charge in [-0.15, -0.1) is 0 Å². The molecule has 1 atom stereocenters. The number of unbranched alkanes of at least 4 members (excludes halogenated alkanes) is 1. The fraction of sp³-hybridized carbons (Fsp3) is 0.440. The molecule has 1 aliphatic rings. The first-order valence-electron chi connectivity index (χ1n) is 10.8. The van der Waals surface area contributed by atoms with Crippen molar-refractivity contribution in [3.05, 3.63) is 65.2 Å². The summed E-state index contributed by atoms with van der Waals surface area (Å²) in [5.41, 5.74) is 3.32. The average Bonchev–Trinajstić information content (AvgIpc) is 3.54. The van der Waals surface area contributed by atoms with E-state index >= 15 is 0 Å². The van der Waals surface area contributed by atoms with Crippen molar-refractivity contribution < 1.29 is 14.3 Å². The van der Waals surface area contributed by atoms with Gasteiger partial charge in [0.15, 0.2) is 0 Å². The number of carbonyl (C=O) groups excluding carboxylic acids is 2. The van der Waals surface area contributed by atoms with E-state index in [-0.39, 0.29) is 17.9 Å². The van der Waals surface area contributed by atoms with Gasteiger partial charge in [-0.05, 0) is 62.3 Å². The van der Waals surface area contributed by atoms with E-state index in [0.29, 0.717) is 19.4 Å². The van der Waals surface area contributed by atoms with E-state index in [1.807, 2.05) is 50.2 Å². The van der Waals surface area contributed by atoms with Crippen LogP contribution < -0.4 is 15.4 Å². The molecule has 160 valence electrons. The third-order valence-corrected chi connectivity index (χ3v) is 5.26. The smallest absolute Gasteiger partial charge is 0.243 e. The molecule has 1 unspecified atom stereocenters. The summed E-state index contributed by atoms with van der Waals surface area (Å²) < 4.78 is 5.85. The largest absolute Gasteiger partial charge is 0.493 e. The highest BCUT2D eigenvalue weighted by molar-refractivity contribution is 5.88. The first-order chi connectivity index (χ1) is 14.5. The number of amides is 2. The molecule has 1 saturated carbocycles. The van der Waals surface area contributed by atoms with Crippen LogP contribution in [0.5, 0.6) is 5.75 Å². The zero-order valence-electron chi connectivity index (χ0n) is 17.9. The van der Waals surface area contributed by atoms with Gasteiger partial charge in [-0.25, -0.2) is 0 Å². The van der Waals surface area contributed by atoms with Crippen LogP contribution in [0, 0.1) is 13.8 Å². The molecule has 2 aromatic rings. The zero-order chi connectivity index (χ0) is 21.3. The Morgan fingerprint density at radius 1 is 1.07 bits per heavy atom. The standard InChI is InChI=1S/C25H32N2O3/c1-18-11-12-19(2)23(16-18)30-15-7-6-10-24(28)27-22(25(29)26-21-13-14-21)17-20-8-4-3-5-9-20/h3-5,8-9,11-12,16,21-22H,6-7,10,13-15,17H2,1-2H3,(H,26,29)(H,27,28). The van der Waals surface area contributed by atoms with Gasteiger partial charge >= 0.3 is 0 Å². The number of rotatable bonds is 11. The lowest BCUT2D eigenvalue weighted by molar-refractivity contribution is -0.129. The monoisotopic (exact) mass is 408 g/mol. The summed E-state index contributed by atoms with van der Waals surface area (Å²) in [6.07, 6.45) is 4.45. The van der Waals surface area contributed by atoms with Crippen LogP contribution in [0.25, 0.3) is 0 Å². The van der Waals surface area contributed by atoms with Crippen LogP contribution in [0.1, 0.15) is 48.8 Å². The predicted octanol–water partition coefficient (Wildman–Crippen LogP) is 3.86. The summed E-state index contributed by atoms with van der Waals surface area (Å²) in [4.78, 5) is 25.0. The molecule has 0 aromatic heterocycles. The highest BCUT2D eigenvalue weighted by Gasteiger charge is 2.28. The van der Waals surface area contributed by atoms with Crippen LogP contribution >= 0.6 is 0 Å². The molecule has 1 fully saturated rings. The van der Waals surface area contributed by atoms with Crippen LogP contribution in [-0.2, 0) is 16.0 Å². The van der Waals surface area contributed by atoms with Gasteiger partial charge in [0.05, 0.1) is 6.61 Å². The van der Waals surface area contributed by atoms with Crippen LogP contribution in [0.15, 0.2) is 48.5 Å². The van der Waals surface area contributed by atoms with E-state index in [4.69, 9.17) is 4.74 Å². The van der Waals surface area contributed by atoms with Gasteiger partial charge in [0, 0.05) is 18.9 Å². The normalized spacial score (nSPS) is 14.1. The van der Waals surface area contributed by atoms with Crippen LogP contribution in [0.4, 0.5) is 0 Å². The molecule has 0 saturated heterocycles. The highest BCUT2D eigenvalue weighted by atomic mass is 16.5. The van der Waals surface area contributed by atoms with Crippen LogP contribution in [0.2, 0.25) is 0 Å². The summed E-state index contributed by atoms with van der Waals surface area (Å²) in [7, 11) is 0. The Balaban J connectivity index is 1.43. The molecule has 5 nitrogen and oxygen atoms in total. The molecule has 2 N–H and O–H groups in total. The summed E-state index contributed by atoms with van der Waals surface area (Å²) >= 11 is 0. The number of benzene rings is 2. The minimum atomic E-state index is -0.535. The van der Waals surface area contributed by atoms with E-state index in [9.17, 15) is 9.59 Å². The minimum absolute atomic E-state index is 0.0892. The Morgan fingerprint density at radius 3 is 2.57 bits per heavy atom. The van der Waals surface area contributed by atoms with Gasteiger partial charge in [0.1, 0.15) is 11.8 Å². The van der Waals surface area contributed by atoms with Crippen molar-refractivity contribution in [3.8, 4) is 5.75 Å². The number of carbonyl (C=O) groups is 2. The molecule has 2 amide bonds. The lowest BCUT2D eigenvalue weighted by Crippen LogP contribution is -2.48. The SMILES string of the molecule is Cc1ccc(C)c(OCCCCC(=O)NC(Cc2ccccc2)C(=O)NC2CC2)c1. The average molecular weight is 409 g/mol. The van der Waals surface area contributed by atoms with Gasteiger partial charge in [0.25, 0.3) is 0 Å². The zero-order valence-corrected chi connectivity index (χ0v) is 17.9. The predicted molar refractivity (Wildman–Crippen MR) is 119 cm³/mol. The molecule has 0 spiro atoms. The van der Waals surface area contributed by atoms with E-state index in [2.05, 4.69) is 22.8 Å². The Morgan fingerprint density at radius 2 is 1.83 bits per heavy atom. The molecule has 3 rings (SSSR count). The molecular weight excluding hydrogens is 376 g/mol. The maximum Gasteiger partial charge on any atom is 0.243 e. The molecule has 30 heavy (non-hydrogen) atoms. The molecule has 1 aliphatic carbocycles. The quantitative estimate of drug-likeness (QED) is 0.555. The number of ether oxygens (including phenoxy) is 1. The molecule has 5 heteroatoms. The molecule has 0 heterocycles. The second-order valence-electron chi connectivity index (χ2n) is 8.17. The Hall–Kier alpha value is -2.82. The van der Waals surface area contributed by atoms with E-state index in [1.54, 1.807) is 0 Å². The first kappa shape index (κ1) is 21.9.